The number of carbonyl (C=O) groups excluding carboxylic acids is 1. The average Bonchev–Trinajstić information content (AvgIpc) is 3.01. The Balaban J connectivity index is 1.37. The number of allylic oxidation sites excluding steroid dienone is 1. The summed E-state index contributed by atoms with van der Waals surface area (Å²) in [6.45, 7) is 4.23. The molecule has 0 N–H and O–H groups in total. The van der Waals surface area contributed by atoms with E-state index in [2.05, 4.69) is 35.3 Å². The first kappa shape index (κ1) is 22.4. The second-order valence-electron chi connectivity index (χ2n) is 8.78. The molecule has 1 saturated heterocycles. The molecule has 0 spiro atoms. The van der Waals surface area contributed by atoms with Crippen LogP contribution in [-0.2, 0) is 17.9 Å². The van der Waals surface area contributed by atoms with Crippen molar-refractivity contribution in [1.82, 2.24) is 9.80 Å². The average molecular weight is 435 g/mol. The maximum atomic E-state index is 13.4. The third kappa shape index (κ3) is 5.16. The largest absolute Gasteiger partial charge is 0.493 e. The van der Waals surface area contributed by atoms with Crippen molar-refractivity contribution in [2.45, 2.75) is 32.4 Å². The Morgan fingerprint density at radius 2 is 1.69 bits per heavy atom. The van der Waals surface area contributed by atoms with Crippen LogP contribution < -0.4 is 9.47 Å². The molecule has 2 aliphatic heterocycles. The summed E-state index contributed by atoms with van der Waals surface area (Å²) in [6, 6.07) is 16.3. The number of carbonyl (C=O) groups is 1. The lowest BCUT2D eigenvalue weighted by Gasteiger charge is -2.36. The molecule has 5 nitrogen and oxygen atoms in total. The number of ether oxygens (including phenoxy) is 2. The Morgan fingerprint density at radius 1 is 0.906 bits per heavy atom. The van der Waals surface area contributed by atoms with Crippen LogP contribution in [0.2, 0.25) is 0 Å². The smallest absolute Gasteiger partial charge is 0.226 e. The van der Waals surface area contributed by atoms with Crippen LogP contribution in [0, 0.1) is 11.8 Å². The third-order valence-electron chi connectivity index (χ3n) is 6.81. The van der Waals surface area contributed by atoms with Crippen LogP contribution in [0.3, 0.4) is 0 Å². The maximum Gasteiger partial charge on any atom is 0.226 e. The molecule has 5 heteroatoms. The zero-order chi connectivity index (χ0) is 22.3. The molecule has 0 aliphatic carbocycles. The number of piperidine rings is 1. The van der Waals surface area contributed by atoms with Crippen molar-refractivity contribution >= 4 is 5.91 Å². The summed E-state index contributed by atoms with van der Waals surface area (Å²) in [7, 11) is 3.37. The van der Waals surface area contributed by atoms with E-state index in [9.17, 15) is 4.79 Å². The summed E-state index contributed by atoms with van der Waals surface area (Å²) < 4.78 is 11.1. The fourth-order valence-electron chi connectivity index (χ4n) is 5.04. The van der Waals surface area contributed by atoms with Gasteiger partial charge >= 0.3 is 0 Å². The van der Waals surface area contributed by atoms with Crippen LogP contribution in [0.25, 0.3) is 0 Å². The quantitative estimate of drug-likeness (QED) is 0.601. The first-order valence-corrected chi connectivity index (χ1v) is 11.6. The lowest BCUT2D eigenvalue weighted by atomic mass is 9.81. The number of likely N-dealkylation sites (tertiary alicyclic amines) is 1. The molecule has 2 heterocycles. The Hall–Kier alpha value is -2.79. The molecule has 1 fully saturated rings. The van der Waals surface area contributed by atoms with Gasteiger partial charge in [-0.3, -0.25) is 9.69 Å². The van der Waals surface area contributed by atoms with Gasteiger partial charge in [0, 0.05) is 31.1 Å². The predicted octanol–water partition coefficient (Wildman–Crippen LogP) is 4.52. The van der Waals surface area contributed by atoms with E-state index in [1.165, 1.54) is 5.56 Å². The lowest BCUT2D eigenvalue weighted by Crippen LogP contribution is -2.42. The van der Waals surface area contributed by atoms with Crippen LogP contribution >= 0.6 is 0 Å². The molecule has 2 aromatic carbocycles. The predicted molar refractivity (Wildman–Crippen MR) is 127 cm³/mol. The van der Waals surface area contributed by atoms with Gasteiger partial charge in [-0.1, -0.05) is 54.6 Å². The fraction of sp³-hybridized carbons (Fsp3) is 0.444. The van der Waals surface area contributed by atoms with E-state index < -0.39 is 0 Å². The van der Waals surface area contributed by atoms with Gasteiger partial charge in [0.2, 0.25) is 5.91 Å². The zero-order valence-corrected chi connectivity index (χ0v) is 19.2. The Morgan fingerprint density at radius 3 is 2.41 bits per heavy atom. The number of hydrogen-bond donors (Lipinski definition) is 0. The molecule has 1 atom stereocenters. The molecule has 0 bridgehead atoms. The highest BCUT2D eigenvalue weighted by molar-refractivity contribution is 5.80. The minimum absolute atomic E-state index is 0.0889. The van der Waals surface area contributed by atoms with Crippen LogP contribution in [-0.4, -0.2) is 49.6 Å². The van der Waals surface area contributed by atoms with E-state index in [0.717, 1.165) is 56.0 Å². The van der Waals surface area contributed by atoms with Gasteiger partial charge < -0.3 is 14.4 Å². The summed E-state index contributed by atoms with van der Waals surface area (Å²) in [5, 5.41) is 0. The second kappa shape index (κ2) is 10.7. The van der Waals surface area contributed by atoms with E-state index in [4.69, 9.17) is 9.47 Å². The van der Waals surface area contributed by atoms with Gasteiger partial charge in [0.25, 0.3) is 0 Å². The molecule has 2 aliphatic rings. The Kier molecular flexibility index (Phi) is 7.48. The normalized spacial score (nSPS) is 20.2. The standard InChI is InChI=1S/C27H34N2O3/c1-31-25-13-8-11-23(26(25)32-2)20-28-17-14-22(15-18-28)24-12-6-7-16-29(27(24)30)19-21-9-4-3-5-10-21/h3-11,13,22,24H,12,14-20H2,1-2H3. The summed E-state index contributed by atoms with van der Waals surface area (Å²) in [4.78, 5) is 17.9. The van der Waals surface area contributed by atoms with Crippen LogP contribution in [0.1, 0.15) is 30.4 Å². The molecule has 2 aromatic rings. The molecule has 1 unspecified atom stereocenters. The third-order valence-corrected chi connectivity index (χ3v) is 6.81. The van der Waals surface area contributed by atoms with Crippen molar-refractivity contribution in [2.75, 3.05) is 33.9 Å². The van der Waals surface area contributed by atoms with E-state index in [1.54, 1.807) is 14.2 Å². The van der Waals surface area contributed by atoms with Crippen molar-refractivity contribution in [3.05, 3.63) is 71.8 Å². The van der Waals surface area contributed by atoms with E-state index in [0.29, 0.717) is 24.9 Å². The molecule has 4 rings (SSSR count). The van der Waals surface area contributed by atoms with Gasteiger partial charge in [0.1, 0.15) is 0 Å². The molecule has 1 amide bonds. The van der Waals surface area contributed by atoms with Crippen LogP contribution in [0.15, 0.2) is 60.7 Å². The monoisotopic (exact) mass is 434 g/mol. The van der Waals surface area contributed by atoms with E-state index >= 15 is 0 Å². The number of para-hydroxylation sites is 1. The summed E-state index contributed by atoms with van der Waals surface area (Å²) >= 11 is 0. The van der Waals surface area contributed by atoms with Crippen molar-refractivity contribution in [3.8, 4) is 11.5 Å². The minimum atomic E-state index is 0.0889. The van der Waals surface area contributed by atoms with Gasteiger partial charge in [0.15, 0.2) is 11.5 Å². The molecule has 0 saturated carbocycles. The first-order valence-electron chi connectivity index (χ1n) is 11.6. The highest BCUT2D eigenvalue weighted by atomic mass is 16.5. The summed E-state index contributed by atoms with van der Waals surface area (Å²) in [5.74, 6) is 2.43. The maximum absolute atomic E-state index is 13.4. The Bertz CT molecular complexity index is 920. The van der Waals surface area contributed by atoms with E-state index in [-0.39, 0.29) is 5.92 Å². The van der Waals surface area contributed by atoms with Gasteiger partial charge in [-0.25, -0.2) is 0 Å². The highest BCUT2D eigenvalue weighted by Crippen LogP contribution is 2.34. The zero-order valence-electron chi connectivity index (χ0n) is 19.2. The summed E-state index contributed by atoms with van der Waals surface area (Å²) in [6.07, 6.45) is 7.33. The van der Waals surface area contributed by atoms with Crippen molar-refractivity contribution in [2.24, 2.45) is 11.8 Å². The second-order valence-corrected chi connectivity index (χ2v) is 8.78. The molecular formula is C27H34N2O3. The SMILES string of the molecule is COc1cccc(CN2CCC(C3CC=CCN(Cc4ccccc4)C3=O)CC2)c1OC. The minimum Gasteiger partial charge on any atom is -0.493 e. The number of rotatable bonds is 7. The van der Waals surface area contributed by atoms with E-state index in [1.807, 2.05) is 35.2 Å². The number of nitrogens with zero attached hydrogens (tertiary/aromatic N) is 2. The number of amides is 1. The summed E-state index contributed by atoms with van der Waals surface area (Å²) in [5.41, 5.74) is 2.34. The highest BCUT2D eigenvalue weighted by Gasteiger charge is 2.34. The lowest BCUT2D eigenvalue weighted by molar-refractivity contribution is -0.137. The van der Waals surface area contributed by atoms with Gasteiger partial charge in [-0.2, -0.15) is 0 Å². The molecule has 32 heavy (non-hydrogen) atoms. The van der Waals surface area contributed by atoms with Crippen molar-refractivity contribution in [1.29, 1.82) is 0 Å². The molecular weight excluding hydrogens is 400 g/mol. The van der Waals surface area contributed by atoms with Crippen LogP contribution in [0.4, 0.5) is 0 Å². The van der Waals surface area contributed by atoms with Crippen LogP contribution in [0.5, 0.6) is 11.5 Å². The number of hydrogen-bond acceptors (Lipinski definition) is 4. The Labute approximate surface area is 191 Å². The van der Waals surface area contributed by atoms with Gasteiger partial charge in [-0.05, 0) is 49.9 Å². The molecule has 0 aromatic heterocycles. The van der Waals surface area contributed by atoms with Crippen molar-refractivity contribution < 1.29 is 14.3 Å². The van der Waals surface area contributed by atoms with Gasteiger partial charge in [-0.15, -0.1) is 0 Å². The fourth-order valence-corrected chi connectivity index (χ4v) is 5.04. The van der Waals surface area contributed by atoms with Crippen molar-refractivity contribution in [3.63, 3.8) is 0 Å². The van der Waals surface area contributed by atoms with Gasteiger partial charge in [0.05, 0.1) is 14.2 Å². The molecule has 170 valence electrons. The molecule has 0 radical (unpaired) electrons. The number of benzene rings is 2. The number of methoxy groups -OCH3 is 2. The first-order chi connectivity index (χ1) is 15.7. The topological polar surface area (TPSA) is 42.0 Å².